The summed E-state index contributed by atoms with van der Waals surface area (Å²) in [6, 6.07) is 0. The second-order valence-electron chi connectivity index (χ2n) is 5.38. The molecule has 0 unspecified atom stereocenters. The maximum absolute atomic E-state index is 12.5. The Morgan fingerprint density at radius 3 is 2.68 bits per heavy atom. The summed E-state index contributed by atoms with van der Waals surface area (Å²) in [6.45, 7) is 6.60. The van der Waals surface area contributed by atoms with Crippen molar-refractivity contribution in [3.05, 3.63) is 29.2 Å². The predicted molar refractivity (Wildman–Crippen MR) is 84.0 cm³/mol. The van der Waals surface area contributed by atoms with E-state index in [0.717, 1.165) is 16.4 Å². The molecule has 2 aromatic rings. The molecule has 0 atom stereocenters. The van der Waals surface area contributed by atoms with Crippen LogP contribution in [0.1, 0.15) is 35.1 Å². The first-order valence-electron chi connectivity index (χ1n) is 7.31. The second kappa shape index (κ2) is 6.50. The van der Waals surface area contributed by atoms with Crippen LogP contribution in [-0.2, 0) is 4.74 Å². The van der Waals surface area contributed by atoms with Gasteiger partial charge in [0, 0.05) is 25.5 Å². The van der Waals surface area contributed by atoms with Gasteiger partial charge in [0.05, 0.1) is 25.1 Å². The average Bonchev–Trinajstić information content (AvgIpc) is 3.04. The third-order valence-corrected chi connectivity index (χ3v) is 4.48. The fraction of sp³-hybridized carbons (Fsp3) is 0.467. The molecule has 0 radical (unpaired) electrons. The molecule has 0 aromatic carbocycles. The van der Waals surface area contributed by atoms with Crippen LogP contribution in [0.4, 0.5) is 0 Å². The first-order chi connectivity index (χ1) is 10.7. The van der Waals surface area contributed by atoms with E-state index in [1.807, 2.05) is 0 Å². The molecule has 0 spiro atoms. The summed E-state index contributed by atoms with van der Waals surface area (Å²) in [4.78, 5) is 28.1. The van der Waals surface area contributed by atoms with E-state index in [9.17, 15) is 4.79 Å². The molecule has 2 aromatic heterocycles. The summed E-state index contributed by atoms with van der Waals surface area (Å²) in [5, 5.41) is 0.744. The lowest BCUT2D eigenvalue weighted by atomic mass is 10.1. The number of carbonyl (C=O) groups excluding carboxylic acids is 1. The number of morpholine rings is 1. The van der Waals surface area contributed by atoms with Crippen molar-refractivity contribution in [2.45, 2.75) is 19.8 Å². The minimum atomic E-state index is 0.0158. The van der Waals surface area contributed by atoms with Crippen molar-refractivity contribution in [1.29, 1.82) is 0 Å². The molecule has 1 aliphatic rings. The van der Waals surface area contributed by atoms with Crippen molar-refractivity contribution in [3.8, 4) is 10.7 Å². The lowest BCUT2D eigenvalue weighted by Crippen LogP contribution is -2.40. The maximum Gasteiger partial charge on any atom is 0.265 e. The molecule has 3 heterocycles. The lowest BCUT2D eigenvalue weighted by Gasteiger charge is -2.26. The van der Waals surface area contributed by atoms with Crippen molar-refractivity contribution in [2.24, 2.45) is 0 Å². The van der Waals surface area contributed by atoms with E-state index in [4.69, 9.17) is 4.74 Å². The SMILES string of the molecule is CC(C)c1nccnc1-c1ncc(C(=O)N2CCOCC2)s1. The van der Waals surface area contributed by atoms with E-state index in [1.165, 1.54) is 11.3 Å². The van der Waals surface area contributed by atoms with E-state index >= 15 is 0 Å². The Bertz CT molecular complexity index is 665. The van der Waals surface area contributed by atoms with Crippen LogP contribution in [0.5, 0.6) is 0 Å². The van der Waals surface area contributed by atoms with E-state index in [2.05, 4.69) is 28.8 Å². The highest BCUT2D eigenvalue weighted by Gasteiger charge is 2.22. The van der Waals surface area contributed by atoms with Crippen LogP contribution in [0.25, 0.3) is 10.7 Å². The van der Waals surface area contributed by atoms with Crippen molar-refractivity contribution in [2.75, 3.05) is 26.3 Å². The van der Waals surface area contributed by atoms with Gasteiger partial charge in [0.15, 0.2) is 0 Å². The zero-order valence-electron chi connectivity index (χ0n) is 12.7. The van der Waals surface area contributed by atoms with Gasteiger partial charge < -0.3 is 9.64 Å². The monoisotopic (exact) mass is 318 g/mol. The lowest BCUT2D eigenvalue weighted by molar-refractivity contribution is 0.0306. The summed E-state index contributed by atoms with van der Waals surface area (Å²) in [6.07, 6.45) is 4.98. The fourth-order valence-electron chi connectivity index (χ4n) is 2.34. The summed E-state index contributed by atoms with van der Waals surface area (Å²) >= 11 is 1.37. The van der Waals surface area contributed by atoms with E-state index in [-0.39, 0.29) is 11.8 Å². The Hall–Kier alpha value is -1.86. The maximum atomic E-state index is 12.5. The van der Waals surface area contributed by atoms with Gasteiger partial charge >= 0.3 is 0 Å². The van der Waals surface area contributed by atoms with Crippen molar-refractivity contribution >= 4 is 17.2 Å². The normalized spacial score (nSPS) is 15.3. The number of thiazole rings is 1. The largest absolute Gasteiger partial charge is 0.378 e. The standard InChI is InChI=1S/C15H18N4O2S/c1-10(2)12-13(17-4-3-16-12)14-18-9-11(22-14)15(20)19-5-7-21-8-6-19/h3-4,9-10H,5-8H2,1-2H3. The van der Waals surface area contributed by atoms with E-state index in [0.29, 0.717) is 31.2 Å². The zero-order chi connectivity index (χ0) is 15.5. The van der Waals surface area contributed by atoms with Crippen LogP contribution >= 0.6 is 11.3 Å². The first kappa shape index (κ1) is 15.1. The number of rotatable bonds is 3. The highest BCUT2D eigenvalue weighted by molar-refractivity contribution is 7.16. The van der Waals surface area contributed by atoms with Crippen LogP contribution in [0.2, 0.25) is 0 Å². The molecule has 0 saturated carbocycles. The van der Waals surface area contributed by atoms with Gasteiger partial charge in [0.2, 0.25) is 0 Å². The summed E-state index contributed by atoms with van der Waals surface area (Å²) < 4.78 is 5.28. The Kier molecular flexibility index (Phi) is 4.44. The molecule has 7 heteroatoms. The zero-order valence-corrected chi connectivity index (χ0v) is 13.5. The third-order valence-electron chi connectivity index (χ3n) is 3.49. The molecule has 6 nitrogen and oxygen atoms in total. The highest BCUT2D eigenvalue weighted by atomic mass is 32.1. The van der Waals surface area contributed by atoms with Gasteiger partial charge in [-0.3, -0.25) is 14.8 Å². The van der Waals surface area contributed by atoms with Gasteiger partial charge in [0.1, 0.15) is 15.6 Å². The molecule has 1 saturated heterocycles. The van der Waals surface area contributed by atoms with Gasteiger partial charge in [-0.25, -0.2) is 4.98 Å². The number of carbonyl (C=O) groups is 1. The number of hydrogen-bond donors (Lipinski definition) is 0. The summed E-state index contributed by atoms with van der Waals surface area (Å²) in [7, 11) is 0. The topological polar surface area (TPSA) is 68.2 Å². The predicted octanol–water partition coefficient (Wildman–Crippen LogP) is 2.20. The van der Waals surface area contributed by atoms with Crippen LogP contribution in [0.15, 0.2) is 18.6 Å². The molecule has 22 heavy (non-hydrogen) atoms. The minimum absolute atomic E-state index is 0.0158. The van der Waals surface area contributed by atoms with E-state index in [1.54, 1.807) is 23.5 Å². The third kappa shape index (κ3) is 3.00. The molecule has 0 bridgehead atoms. The number of amides is 1. The van der Waals surface area contributed by atoms with Crippen molar-refractivity contribution in [1.82, 2.24) is 19.9 Å². The van der Waals surface area contributed by atoms with Crippen LogP contribution in [-0.4, -0.2) is 52.1 Å². The average molecular weight is 318 g/mol. The Labute approximate surface area is 133 Å². The summed E-state index contributed by atoms with van der Waals surface area (Å²) in [5.74, 6) is 0.271. The molecular formula is C15H18N4O2S. The molecule has 3 rings (SSSR count). The van der Waals surface area contributed by atoms with Gasteiger partial charge in [-0.05, 0) is 5.92 Å². The Morgan fingerprint density at radius 1 is 1.23 bits per heavy atom. The summed E-state index contributed by atoms with van der Waals surface area (Å²) in [5.41, 5.74) is 1.67. The smallest absolute Gasteiger partial charge is 0.265 e. The van der Waals surface area contributed by atoms with Crippen molar-refractivity contribution < 1.29 is 9.53 Å². The molecule has 1 aliphatic heterocycles. The van der Waals surface area contributed by atoms with Crippen LogP contribution in [0, 0.1) is 0 Å². The molecule has 0 N–H and O–H groups in total. The van der Waals surface area contributed by atoms with E-state index < -0.39 is 0 Å². The number of aromatic nitrogens is 3. The Balaban J connectivity index is 1.86. The molecule has 0 aliphatic carbocycles. The number of nitrogens with zero attached hydrogens (tertiary/aromatic N) is 4. The van der Waals surface area contributed by atoms with Crippen LogP contribution in [0.3, 0.4) is 0 Å². The Morgan fingerprint density at radius 2 is 1.95 bits per heavy atom. The molecular weight excluding hydrogens is 300 g/mol. The molecule has 1 amide bonds. The molecule has 116 valence electrons. The second-order valence-corrected chi connectivity index (χ2v) is 6.41. The van der Waals surface area contributed by atoms with Gasteiger partial charge in [-0.1, -0.05) is 13.8 Å². The highest BCUT2D eigenvalue weighted by Crippen LogP contribution is 2.29. The van der Waals surface area contributed by atoms with Gasteiger partial charge in [-0.15, -0.1) is 11.3 Å². The van der Waals surface area contributed by atoms with Gasteiger partial charge in [0.25, 0.3) is 5.91 Å². The van der Waals surface area contributed by atoms with Crippen LogP contribution < -0.4 is 0 Å². The first-order valence-corrected chi connectivity index (χ1v) is 8.12. The quantitative estimate of drug-likeness (QED) is 0.868. The number of hydrogen-bond acceptors (Lipinski definition) is 6. The minimum Gasteiger partial charge on any atom is -0.378 e. The van der Waals surface area contributed by atoms with Gasteiger partial charge in [-0.2, -0.15) is 0 Å². The van der Waals surface area contributed by atoms with Crippen molar-refractivity contribution in [3.63, 3.8) is 0 Å². The fourth-order valence-corrected chi connectivity index (χ4v) is 3.23. The number of ether oxygens (including phenoxy) is 1. The molecule has 1 fully saturated rings.